The van der Waals surface area contributed by atoms with Crippen molar-refractivity contribution in [1.29, 1.82) is 0 Å². The van der Waals surface area contributed by atoms with Gasteiger partial charge in [-0.15, -0.1) is 0 Å². The van der Waals surface area contributed by atoms with Gasteiger partial charge in [0.1, 0.15) is 18.1 Å². The molecule has 8 N–H and O–H groups in total. The molecule has 0 aliphatic heterocycles. The summed E-state index contributed by atoms with van der Waals surface area (Å²) in [6.07, 6.45) is 4.88. The Balaban J connectivity index is 1.88. The predicted molar refractivity (Wildman–Crippen MR) is 136 cm³/mol. The molecule has 0 saturated heterocycles. The van der Waals surface area contributed by atoms with Crippen LogP contribution < -0.4 is 21.7 Å². The third-order valence-electron chi connectivity index (χ3n) is 5.99. The lowest BCUT2D eigenvalue weighted by atomic mass is 10.0. The van der Waals surface area contributed by atoms with Crippen molar-refractivity contribution < 1.29 is 24.3 Å². The lowest BCUT2D eigenvalue weighted by Gasteiger charge is -2.25. The number of carbonyl (C=O) groups is 4. The highest BCUT2D eigenvalue weighted by molar-refractivity contribution is 5.95. The Morgan fingerprint density at radius 2 is 1.59 bits per heavy atom. The molecule has 12 nitrogen and oxygen atoms in total. The molecule has 12 heteroatoms. The Hall–Kier alpha value is -4.19. The molecular weight excluding hydrogens is 478 g/mol. The van der Waals surface area contributed by atoms with Crippen LogP contribution in [0.3, 0.4) is 0 Å². The number of para-hydroxylation sites is 1. The monoisotopic (exact) mass is 511 g/mol. The maximum Gasteiger partial charge on any atom is 0.326 e. The average Bonchev–Trinajstić information content (AvgIpc) is 3.51. The first-order chi connectivity index (χ1) is 17.6. The quantitative estimate of drug-likeness (QED) is 0.180. The van der Waals surface area contributed by atoms with Gasteiger partial charge in [-0.1, -0.05) is 32.0 Å². The van der Waals surface area contributed by atoms with E-state index in [1.807, 2.05) is 24.3 Å². The molecule has 0 fully saturated rings. The van der Waals surface area contributed by atoms with Crippen LogP contribution in [-0.4, -0.2) is 67.9 Å². The normalized spacial score (nSPS) is 14.5. The summed E-state index contributed by atoms with van der Waals surface area (Å²) in [4.78, 5) is 60.7. The highest BCUT2D eigenvalue weighted by Gasteiger charge is 2.32. The van der Waals surface area contributed by atoms with Crippen LogP contribution in [0, 0.1) is 5.92 Å². The summed E-state index contributed by atoms with van der Waals surface area (Å²) in [5.74, 6) is -3.38. The van der Waals surface area contributed by atoms with Gasteiger partial charge in [0, 0.05) is 41.8 Å². The fourth-order valence-electron chi connectivity index (χ4n) is 3.90. The second-order valence-electron chi connectivity index (χ2n) is 9.32. The number of aliphatic carboxylic acids is 1. The number of amides is 3. The topological polar surface area (TPSA) is 195 Å². The second-order valence-corrected chi connectivity index (χ2v) is 9.32. The first kappa shape index (κ1) is 27.4. The number of imidazole rings is 1. The van der Waals surface area contributed by atoms with Crippen molar-refractivity contribution in [3.05, 3.63) is 54.2 Å². The maximum absolute atomic E-state index is 13.4. The minimum Gasteiger partial charge on any atom is -0.480 e. The van der Waals surface area contributed by atoms with E-state index in [0.717, 1.165) is 16.5 Å². The number of nitrogens with two attached hydrogens (primary N) is 1. The summed E-state index contributed by atoms with van der Waals surface area (Å²) in [6.45, 7) is 4.85. The van der Waals surface area contributed by atoms with E-state index in [-0.39, 0.29) is 18.8 Å². The molecule has 0 aliphatic carbocycles. The number of benzene rings is 1. The molecule has 2 aromatic heterocycles. The smallest absolute Gasteiger partial charge is 0.326 e. The lowest BCUT2D eigenvalue weighted by Crippen LogP contribution is -2.58. The van der Waals surface area contributed by atoms with Gasteiger partial charge in [0.25, 0.3) is 0 Å². The number of fused-ring (bicyclic) bond motifs is 1. The number of hydrogen-bond donors (Lipinski definition) is 7. The number of rotatable bonds is 12. The molecule has 0 radical (unpaired) electrons. The summed E-state index contributed by atoms with van der Waals surface area (Å²) in [5, 5.41) is 18.3. The molecule has 1 aromatic carbocycles. The third-order valence-corrected chi connectivity index (χ3v) is 5.99. The van der Waals surface area contributed by atoms with E-state index in [2.05, 4.69) is 30.9 Å². The standard InChI is InChI=1S/C25H33N7O5/c1-13(2)21(25(36)37)32-24(35)19(8-15-10-28-18-7-5-4-6-17(15)18)31-23(34)20(30-22(33)14(3)26)9-16-11-27-12-29-16/h4-7,10-14,19-21,28H,8-9,26H2,1-3H3,(H,27,29)(H,30,33)(H,31,34)(H,32,35)(H,36,37). The number of nitrogens with one attached hydrogen (secondary N) is 5. The number of carboxylic acids is 1. The van der Waals surface area contributed by atoms with Gasteiger partial charge in [-0.3, -0.25) is 14.4 Å². The van der Waals surface area contributed by atoms with Gasteiger partial charge in [0.2, 0.25) is 17.7 Å². The van der Waals surface area contributed by atoms with Crippen molar-refractivity contribution in [2.75, 3.05) is 0 Å². The Labute approximate surface area is 213 Å². The van der Waals surface area contributed by atoms with Crippen LogP contribution in [-0.2, 0) is 32.0 Å². The van der Waals surface area contributed by atoms with Gasteiger partial charge >= 0.3 is 5.97 Å². The number of carbonyl (C=O) groups excluding carboxylic acids is 3. The van der Waals surface area contributed by atoms with Crippen LogP contribution in [0.15, 0.2) is 43.0 Å². The molecule has 4 unspecified atom stereocenters. The number of aromatic nitrogens is 3. The van der Waals surface area contributed by atoms with Gasteiger partial charge in [-0.25, -0.2) is 9.78 Å². The molecule has 4 atom stereocenters. The fraction of sp³-hybridized carbons (Fsp3) is 0.400. The van der Waals surface area contributed by atoms with Crippen molar-refractivity contribution in [2.45, 2.75) is 57.8 Å². The van der Waals surface area contributed by atoms with E-state index in [9.17, 15) is 24.3 Å². The highest BCUT2D eigenvalue weighted by Crippen LogP contribution is 2.19. The molecule has 0 spiro atoms. The van der Waals surface area contributed by atoms with Crippen LogP contribution in [0.1, 0.15) is 32.0 Å². The second kappa shape index (κ2) is 12.2. The van der Waals surface area contributed by atoms with Crippen LogP contribution in [0.4, 0.5) is 0 Å². The summed E-state index contributed by atoms with van der Waals surface area (Å²) in [7, 11) is 0. The predicted octanol–water partition coefficient (Wildman–Crippen LogP) is 0.218. The number of H-pyrrole nitrogens is 2. The van der Waals surface area contributed by atoms with Crippen molar-refractivity contribution in [3.8, 4) is 0 Å². The molecule has 2 heterocycles. The molecule has 0 saturated carbocycles. The molecule has 3 rings (SSSR count). The van der Waals surface area contributed by atoms with Gasteiger partial charge in [-0.2, -0.15) is 0 Å². The number of carboxylic acid groups (broad SMARTS) is 1. The van der Waals surface area contributed by atoms with Crippen molar-refractivity contribution in [1.82, 2.24) is 30.9 Å². The molecule has 37 heavy (non-hydrogen) atoms. The van der Waals surface area contributed by atoms with Crippen molar-refractivity contribution >= 4 is 34.6 Å². The Morgan fingerprint density at radius 3 is 2.22 bits per heavy atom. The van der Waals surface area contributed by atoms with E-state index >= 15 is 0 Å². The van der Waals surface area contributed by atoms with E-state index < -0.39 is 47.9 Å². The zero-order valence-electron chi connectivity index (χ0n) is 20.9. The zero-order valence-corrected chi connectivity index (χ0v) is 20.9. The Bertz CT molecular complexity index is 1240. The molecule has 0 bridgehead atoms. The Kier molecular flexibility index (Phi) is 9.01. The van der Waals surface area contributed by atoms with Crippen LogP contribution in [0.2, 0.25) is 0 Å². The minimum atomic E-state index is -1.18. The molecule has 0 aliphatic rings. The van der Waals surface area contributed by atoms with Crippen LogP contribution in [0.25, 0.3) is 10.9 Å². The fourth-order valence-corrected chi connectivity index (χ4v) is 3.90. The van der Waals surface area contributed by atoms with Crippen LogP contribution in [0.5, 0.6) is 0 Å². The van der Waals surface area contributed by atoms with Crippen molar-refractivity contribution in [3.63, 3.8) is 0 Å². The van der Waals surface area contributed by atoms with Crippen LogP contribution >= 0.6 is 0 Å². The molecular formula is C25H33N7O5. The van der Waals surface area contributed by atoms with E-state index in [0.29, 0.717) is 5.69 Å². The summed E-state index contributed by atoms with van der Waals surface area (Å²) >= 11 is 0. The van der Waals surface area contributed by atoms with E-state index in [1.54, 1.807) is 20.0 Å². The largest absolute Gasteiger partial charge is 0.480 e. The Morgan fingerprint density at radius 1 is 0.946 bits per heavy atom. The molecule has 198 valence electrons. The highest BCUT2D eigenvalue weighted by atomic mass is 16.4. The molecule has 3 amide bonds. The summed E-state index contributed by atoms with van der Waals surface area (Å²) < 4.78 is 0. The third kappa shape index (κ3) is 7.17. The number of nitrogens with zero attached hydrogens (tertiary/aromatic N) is 1. The summed E-state index contributed by atoms with van der Waals surface area (Å²) in [5.41, 5.74) is 7.88. The van der Waals surface area contributed by atoms with Gasteiger partial charge < -0.3 is 36.8 Å². The van der Waals surface area contributed by atoms with Gasteiger partial charge in [0.15, 0.2) is 0 Å². The number of aromatic amines is 2. The lowest BCUT2D eigenvalue weighted by molar-refractivity contribution is -0.143. The van der Waals surface area contributed by atoms with Gasteiger partial charge in [-0.05, 0) is 24.5 Å². The average molecular weight is 512 g/mol. The summed E-state index contributed by atoms with van der Waals surface area (Å²) in [6, 6.07) is 3.32. The van der Waals surface area contributed by atoms with Crippen molar-refractivity contribution in [2.24, 2.45) is 11.7 Å². The maximum atomic E-state index is 13.4. The SMILES string of the molecule is CC(N)C(=O)NC(Cc1cnc[nH]1)C(=O)NC(Cc1c[nH]c2ccccc12)C(=O)NC(C(=O)O)C(C)C. The van der Waals surface area contributed by atoms with Gasteiger partial charge in [0.05, 0.1) is 12.4 Å². The first-order valence-electron chi connectivity index (χ1n) is 12.0. The number of hydrogen-bond acceptors (Lipinski definition) is 6. The zero-order chi connectivity index (χ0) is 27.1. The van der Waals surface area contributed by atoms with E-state index in [4.69, 9.17) is 5.73 Å². The van der Waals surface area contributed by atoms with E-state index in [1.165, 1.54) is 19.4 Å². The molecule has 3 aromatic rings. The first-order valence-corrected chi connectivity index (χ1v) is 12.0. The minimum absolute atomic E-state index is 0.0788.